The second-order valence-corrected chi connectivity index (χ2v) is 7.77. The van der Waals surface area contributed by atoms with Gasteiger partial charge in [-0.15, -0.1) is 0 Å². The number of hydrogen-bond acceptors (Lipinski definition) is 7. The third-order valence-corrected chi connectivity index (χ3v) is 5.75. The van der Waals surface area contributed by atoms with Crippen LogP contribution in [-0.4, -0.2) is 35.7 Å². The highest BCUT2D eigenvalue weighted by atomic mass is 35.5. The second kappa shape index (κ2) is 8.14. The lowest BCUT2D eigenvalue weighted by molar-refractivity contribution is -0.132. The number of aromatic nitrogens is 1. The largest absolute Gasteiger partial charge is 0.507 e. The topological polar surface area (TPSA) is 98.2 Å². The summed E-state index contributed by atoms with van der Waals surface area (Å²) in [5.41, 5.74) is 1.11. The van der Waals surface area contributed by atoms with Gasteiger partial charge in [0.2, 0.25) is 6.79 Å². The Balaban J connectivity index is 1.73. The van der Waals surface area contributed by atoms with Crippen molar-refractivity contribution in [1.29, 1.82) is 0 Å². The van der Waals surface area contributed by atoms with Crippen molar-refractivity contribution >= 4 is 34.7 Å². The van der Waals surface area contributed by atoms with Crippen molar-refractivity contribution in [1.82, 2.24) is 4.98 Å². The number of Topliss-reactive ketones (excluding diaryl/α,β-unsaturated/α-hetero) is 1. The molecule has 0 aliphatic carbocycles. The van der Waals surface area contributed by atoms with Gasteiger partial charge in [0.25, 0.3) is 11.7 Å². The molecule has 8 nitrogen and oxygen atoms in total. The first-order valence-corrected chi connectivity index (χ1v) is 10.3. The quantitative estimate of drug-likeness (QED) is 0.352. The molecule has 166 valence electrons. The van der Waals surface area contributed by atoms with Crippen LogP contribution in [0.2, 0.25) is 5.02 Å². The Morgan fingerprint density at radius 3 is 2.61 bits per heavy atom. The number of benzene rings is 2. The predicted octanol–water partition coefficient (Wildman–Crippen LogP) is 4.10. The van der Waals surface area contributed by atoms with Crippen molar-refractivity contribution in [3.63, 3.8) is 0 Å². The van der Waals surface area contributed by atoms with Gasteiger partial charge >= 0.3 is 0 Å². The van der Waals surface area contributed by atoms with Crippen molar-refractivity contribution in [3.05, 3.63) is 82.6 Å². The maximum Gasteiger partial charge on any atom is 0.300 e. The second-order valence-electron chi connectivity index (χ2n) is 7.33. The van der Waals surface area contributed by atoms with Gasteiger partial charge in [0.1, 0.15) is 11.5 Å². The Kier molecular flexibility index (Phi) is 5.14. The monoisotopic (exact) mass is 464 g/mol. The normalized spacial score (nSPS) is 18.6. The Morgan fingerprint density at radius 2 is 1.85 bits per heavy atom. The van der Waals surface area contributed by atoms with Gasteiger partial charge in [-0.25, -0.2) is 0 Å². The number of pyridine rings is 1. The highest BCUT2D eigenvalue weighted by Gasteiger charge is 2.47. The fourth-order valence-corrected chi connectivity index (χ4v) is 4.18. The number of carbonyl (C=O) groups excluding carboxylic acids is 2. The van der Waals surface area contributed by atoms with E-state index in [4.69, 9.17) is 25.8 Å². The standard InChI is InChI=1S/C24H17ClN2O6/c1-31-17-4-2-14(25)10-16(17)22(28)20-21(13-6-8-26-9-7-13)27(24(30)23(20)29)15-3-5-18-19(11-15)33-12-32-18/h2-11,21,28H,12H2,1H3/b22-20+. The van der Waals surface area contributed by atoms with E-state index in [1.807, 2.05) is 0 Å². The summed E-state index contributed by atoms with van der Waals surface area (Å²) in [7, 11) is 1.44. The Hall–Kier alpha value is -4.04. The fourth-order valence-electron chi connectivity index (χ4n) is 4.01. The van der Waals surface area contributed by atoms with E-state index < -0.39 is 23.5 Å². The minimum Gasteiger partial charge on any atom is -0.507 e. The highest BCUT2D eigenvalue weighted by molar-refractivity contribution is 6.51. The molecule has 1 unspecified atom stereocenters. The van der Waals surface area contributed by atoms with Crippen LogP contribution >= 0.6 is 11.6 Å². The van der Waals surface area contributed by atoms with E-state index in [1.54, 1.807) is 54.9 Å². The maximum absolute atomic E-state index is 13.3. The lowest BCUT2D eigenvalue weighted by atomic mass is 9.95. The van der Waals surface area contributed by atoms with Crippen LogP contribution in [0.4, 0.5) is 5.69 Å². The summed E-state index contributed by atoms with van der Waals surface area (Å²) >= 11 is 6.14. The van der Waals surface area contributed by atoms with E-state index in [-0.39, 0.29) is 17.9 Å². The van der Waals surface area contributed by atoms with Gasteiger partial charge in [-0.05, 0) is 48.0 Å². The summed E-state index contributed by atoms with van der Waals surface area (Å²) in [6.45, 7) is 0.0694. The molecule has 33 heavy (non-hydrogen) atoms. The van der Waals surface area contributed by atoms with Crippen LogP contribution in [0, 0.1) is 0 Å². The van der Waals surface area contributed by atoms with E-state index >= 15 is 0 Å². The van der Waals surface area contributed by atoms with Crippen LogP contribution in [-0.2, 0) is 9.59 Å². The number of ether oxygens (including phenoxy) is 3. The van der Waals surface area contributed by atoms with E-state index in [0.29, 0.717) is 33.5 Å². The van der Waals surface area contributed by atoms with Gasteiger partial charge in [-0.2, -0.15) is 0 Å². The lowest BCUT2D eigenvalue weighted by Gasteiger charge is -2.25. The van der Waals surface area contributed by atoms with Gasteiger partial charge in [0.15, 0.2) is 11.5 Å². The Morgan fingerprint density at radius 1 is 1.09 bits per heavy atom. The molecule has 0 radical (unpaired) electrons. The molecule has 1 saturated heterocycles. The Bertz CT molecular complexity index is 1310. The molecular formula is C24H17ClN2O6. The molecule has 2 aliphatic rings. The SMILES string of the molecule is COc1ccc(Cl)cc1/C(O)=C1\C(=O)C(=O)N(c2ccc3c(c2)OCO3)C1c1ccncc1. The van der Waals surface area contributed by atoms with Crippen molar-refractivity contribution in [2.24, 2.45) is 0 Å². The highest BCUT2D eigenvalue weighted by Crippen LogP contribution is 2.45. The number of aliphatic hydroxyl groups excluding tert-OH is 1. The van der Waals surface area contributed by atoms with Gasteiger partial charge in [-0.1, -0.05) is 11.6 Å². The third kappa shape index (κ3) is 3.44. The minimum absolute atomic E-state index is 0.0694. The molecular weight excluding hydrogens is 448 g/mol. The van der Waals surface area contributed by atoms with Crippen LogP contribution in [0.3, 0.4) is 0 Å². The number of carbonyl (C=O) groups is 2. The molecule has 1 fully saturated rings. The molecule has 2 aliphatic heterocycles. The fraction of sp³-hybridized carbons (Fsp3) is 0.125. The molecule has 9 heteroatoms. The molecule has 1 amide bonds. The summed E-state index contributed by atoms with van der Waals surface area (Å²) in [4.78, 5) is 31.8. The number of hydrogen-bond donors (Lipinski definition) is 1. The molecule has 0 bridgehead atoms. The van der Waals surface area contributed by atoms with E-state index in [1.165, 1.54) is 18.1 Å². The minimum atomic E-state index is -0.919. The summed E-state index contributed by atoms with van der Waals surface area (Å²) in [5.74, 6) is -0.719. The van der Waals surface area contributed by atoms with Gasteiger partial charge in [0, 0.05) is 29.2 Å². The molecule has 0 spiro atoms. The molecule has 0 saturated carbocycles. The van der Waals surface area contributed by atoms with Gasteiger partial charge < -0.3 is 19.3 Å². The molecule has 2 aromatic carbocycles. The summed E-state index contributed by atoms with van der Waals surface area (Å²) < 4.78 is 16.1. The number of aliphatic hydroxyl groups is 1. The summed E-state index contributed by atoms with van der Waals surface area (Å²) in [5, 5.41) is 11.6. The lowest BCUT2D eigenvalue weighted by Crippen LogP contribution is -2.29. The molecule has 1 aromatic heterocycles. The maximum atomic E-state index is 13.3. The number of anilines is 1. The van der Waals surface area contributed by atoms with Crippen molar-refractivity contribution in [2.45, 2.75) is 6.04 Å². The van der Waals surface area contributed by atoms with Crippen molar-refractivity contribution < 1.29 is 28.9 Å². The zero-order chi connectivity index (χ0) is 23.1. The number of nitrogens with zero attached hydrogens (tertiary/aromatic N) is 2. The number of halogens is 1. The first-order valence-electron chi connectivity index (χ1n) is 9.94. The average Bonchev–Trinajstić information content (AvgIpc) is 3.41. The van der Waals surface area contributed by atoms with Crippen LogP contribution in [0.25, 0.3) is 5.76 Å². The van der Waals surface area contributed by atoms with Crippen molar-refractivity contribution in [3.8, 4) is 17.2 Å². The number of amides is 1. The van der Waals surface area contributed by atoms with Gasteiger partial charge in [-0.3, -0.25) is 19.5 Å². The number of methoxy groups -OCH3 is 1. The molecule has 1 atom stereocenters. The predicted molar refractivity (Wildman–Crippen MR) is 120 cm³/mol. The van der Waals surface area contributed by atoms with E-state index in [2.05, 4.69) is 4.98 Å². The number of rotatable bonds is 4. The van der Waals surface area contributed by atoms with Crippen LogP contribution < -0.4 is 19.1 Å². The van der Waals surface area contributed by atoms with Crippen LogP contribution in [0.5, 0.6) is 17.2 Å². The van der Waals surface area contributed by atoms with E-state index in [9.17, 15) is 14.7 Å². The molecule has 1 N–H and O–H groups in total. The van der Waals surface area contributed by atoms with E-state index in [0.717, 1.165) is 0 Å². The first-order chi connectivity index (χ1) is 16.0. The average molecular weight is 465 g/mol. The molecule has 3 heterocycles. The Labute approximate surface area is 193 Å². The zero-order valence-corrected chi connectivity index (χ0v) is 18.1. The molecule has 5 rings (SSSR count). The van der Waals surface area contributed by atoms with Crippen LogP contribution in [0.1, 0.15) is 17.2 Å². The molecule has 3 aromatic rings. The smallest absolute Gasteiger partial charge is 0.300 e. The number of ketones is 1. The van der Waals surface area contributed by atoms with Crippen molar-refractivity contribution in [2.75, 3.05) is 18.8 Å². The summed E-state index contributed by atoms with van der Waals surface area (Å²) in [6.07, 6.45) is 3.10. The van der Waals surface area contributed by atoms with Crippen LogP contribution in [0.15, 0.2) is 66.5 Å². The first kappa shape index (κ1) is 20.8. The summed E-state index contributed by atoms with van der Waals surface area (Å²) in [6, 6.07) is 12.0. The zero-order valence-electron chi connectivity index (χ0n) is 17.3. The van der Waals surface area contributed by atoms with Gasteiger partial charge in [0.05, 0.1) is 24.3 Å². The third-order valence-electron chi connectivity index (χ3n) is 5.52. The number of fused-ring (bicyclic) bond motifs is 1.